The van der Waals surface area contributed by atoms with Gasteiger partial charge in [-0.2, -0.15) is 0 Å². The number of aryl methyl sites for hydroxylation is 1. The summed E-state index contributed by atoms with van der Waals surface area (Å²) < 4.78 is 31.4. The first-order chi connectivity index (χ1) is 15.4. The van der Waals surface area contributed by atoms with Crippen molar-refractivity contribution < 1.29 is 22.7 Å². The molecule has 2 rings (SSSR count). The maximum absolute atomic E-state index is 13.4. The third kappa shape index (κ3) is 7.49. The summed E-state index contributed by atoms with van der Waals surface area (Å²) in [6.45, 7) is 6.89. The Morgan fingerprint density at radius 3 is 2.24 bits per heavy atom. The van der Waals surface area contributed by atoms with Gasteiger partial charge in [-0.3, -0.25) is 13.9 Å². The Labute approximate surface area is 196 Å². The summed E-state index contributed by atoms with van der Waals surface area (Å²) in [7, 11) is -2.19. The molecule has 1 atom stereocenters. The Hall–Kier alpha value is -3.07. The minimum Gasteiger partial charge on any atom is -0.497 e. The number of nitrogens with zero attached hydrogens (tertiary/aromatic N) is 2. The molecule has 0 spiro atoms. The summed E-state index contributed by atoms with van der Waals surface area (Å²) in [4.78, 5) is 27.6. The zero-order chi connectivity index (χ0) is 24.8. The Balaban J connectivity index is 2.39. The lowest BCUT2D eigenvalue weighted by atomic mass is 10.1. The van der Waals surface area contributed by atoms with Crippen LogP contribution in [0, 0.1) is 6.92 Å². The molecule has 0 bridgehead atoms. The van der Waals surface area contributed by atoms with Gasteiger partial charge in [-0.15, -0.1) is 0 Å². The van der Waals surface area contributed by atoms with Crippen molar-refractivity contribution in [1.82, 2.24) is 10.2 Å². The molecule has 0 heterocycles. The Bertz CT molecular complexity index is 1070. The van der Waals surface area contributed by atoms with Crippen molar-refractivity contribution in [3.63, 3.8) is 0 Å². The molecule has 0 aliphatic rings. The molecule has 2 amide bonds. The van der Waals surface area contributed by atoms with Gasteiger partial charge < -0.3 is 15.0 Å². The van der Waals surface area contributed by atoms with Crippen molar-refractivity contribution in [1.29, 1.82) is 0 Å². The third-order valence-electron chi connectivity index (χ3n) is 5.09. The fraction of sp³-hybridized carbons (Fsp3) is 0.417. The molecule has 0 saturated carbocycles. The SMILES string of the molecule is COc1cccc(CN(C(=O)CN(c2ccc(C)cc2)S(C)(=O)=O)[C@H](C)C(=O)NC(C)C)c1. The van der Waals surface area contributed by atoms with Crippen LogP contribution in [0.3, 0.4) is 0 Å². The van der Waals surface area contributed by atoms with Crippen molar-refractivity contribution >= 4 is 27.5 Å². The van der Waals surface area contributed by atoms with E-state index >= 15 is 0 Å². The van der Waals surface area contributed by atoms with E-state index in [-0.39, 0.29) is 18.5 Å². The van der Waals surface area contributed by atoms with E-state index in [4.69, 9.17) is 4.74 Å². The lowest BCUT2D eigenvalue weighted by Crippen LogP contribution is -2.52. The average Bonchev–Trinajstić information content (AvgIpc) is 2.74. The average molecular weight is 476 g/mol. The minimum atomic E-state index is -3.74. The van der Waals surface area contributed by atoms with E-state index in [2.05, 4.69) is 5.32 Å². The molecule has 0 aliphatic heterocycles. The maximum Gasteiger partial charge on any atom is 0.244 e. The molecule has 0 fully saturated rings. The summed E-state index contributed by atoms with van der Waals surface area (Å²) in [6.07, 6.45) is 1.06. The van der Waals surface area contributed by atoms with E-state index in [1.54, 1.807) is 56.5 Å². The highest BCUT2D eigenvalue weighted by Crippen LogP contribution is 2.20. The Morgan fingerprint density at radius 2 is 1.70 bits per heavy atom. The van der Waals surface area contributed by atoms with E-state index in [0.29, 0.717) is 11.4 Å². The minimum absolute atomic E-state index is 0.103. The largest absolute Gasteiger partial charge is 0.497 e. The number of hydrogen-bond donors (Lipinski definition) is 1. The van der Waals surface area contributed by atoms with Crippen LogP contribution in [0.25, 0.3) is 0 Å². The molecule has 0 radical (unpaired) electrons. The van der Waals surface area contributed by atoms with Gasteiger partial charge in [-0.1, -0.05) is 29.8 Å². The molecule has 33 heavy (non-hydrogen) atoms. The second kappa shape index (κ2) is 11.2. The molecule has 0 aromatic heterocycles. The normalized spacial score (nSPS) is 12.2. The number of ether oxygens (including phenoxy) is 1. The van der Waals surface area contributed by atoms with Crippen LogP contribution in [0.5, 0.6) is 5.75 Å². The number of amides is 2. The first-order valence-corrected chi connectivity index (χ1v) is 12.5. The van der Waals surface area contributed by atoms with Gasteiger partial charge in [-0.25, -0.2) is 8.42 Å². The van der Waals surface area contributed by atoms with Crippen molar-refractivity contribution in [3.8, 4) is 5.75 Å². The van der Waals surface area contributed by atoms with Crippen LogP contribution in [-0.2, 0) is 26.2 Å². The summed E-state index contributed by atoms with van der Waals surface area (Å²) in [5, 5.41) is 2.82. The van der Waals surface area contributed by atoms with Crippen LogP contribution in [0.15, 0.2) is 48.5 Å². The monoisotopic (exact) mass is 475 g/mol. The molecule has 0 saturated heterocycles. The highest BCUT2D eigenvalue weighted by atomic mass is 32.2. The van der Waals surface area contributed by atoms with Gasteiger partial charge in [0.15, 0.2) is 0 Å². The first kappa shape index (κ1) is 26.2. The second-order valence-corrected chi connectivity index (χ2v) is 10.2. The number of hydrogen-bond acceptors (Lipinski definition) is 5. The highest BCUT2D eigenvalue weighted by molar-refractivity contribution is 7.92. The van der Waals surface area contributed by atoms with Crippen LogP contribution in [0.2, 0.25) is 0 Å². The highest BCUT2D eigenvalue weighted by Gasteiger charge is 2.30. The third-order valence-corrected chi connectivity index (χ3v) is 6.23. The molecule has 1 N–H and O–H groups in total. The number of sulfonamides is 1. The zero-order valence-corrected chi connectivity index (χ0v) is 20.8. The summed E-state index contributed by atoms with van der Waals surface area (Å²) in [6, 6.07) is 13.1. The van der Waals surface area contributed by atoms with Gasteiger partial charge in [0.05, 0.1) is 19.1 Å². The number of carbonyl (C=O) groups is 2. The van der Waals surface area contributed by atoms with Gasteiger partial charge in [0.25, 0.3) is 0 Å². The van der Waals surface area contributed by atoms with Gasteiger partial charge in [0.2, 0.25) is 21.8 Å². The molecule has 9 heteroatoms. The molecule has 8 nitrogen and oxygen atoms in total. The van der Waals surface area contributed by atoms with Crippen LogP contribution in [-0.4, -0.2) is 57.1 Å². The fourth-order valence-electron chi connectivity index (χ4n) is 3.28. The second-order valence-electron chi connectivity index (χ2n) is 8.32. The van der Waals surface area contributed by atoms with Crippen molar-refractivity contribution in [3.05, 3.63) is 59.7 Å². The van der Waals surface area contributed by atoms with Crippen LogP contribution < -0.4 is 14.4 Å². The van der Waals surface area contributed by atoms with E-state index in [1.165, 1.54) is 4.90 Å². The van der Waals surface area contributed by atoms with E-state index in [9.17, 15) is 18.0 Å². The molecular formula is C24H33N3O5S. The van der Waals surface area contributed by atoms with E-state index in [1.807, 2.05) is 26.8 Å². The van der Waals surface area contributed by atoms with Crippen LogP contribution in [0.4, 0.5) is 5.69 Å². The molecule has 0 unspecified atom stereocenters. The van der Waals surface area contributed by atoms with E-state index in [0.717, 1.165) is 21.7 Å². The molecule has 2 aromatic rings. The van der Waals surface area contributed by atoms with Crippen molar-refractivity contribution in [2.24, 2.45) is 0 Å². The standard InChI is InChI=1S/C24H33N3O5S/c1-17(2)25-24(29)19(4)26(15-20-8-7-9-22(14-20)32-5)23(28)16-27(33(6,30)31)21-12-10-18(3)11-13-21/h7-14,17,19H,15-16H2,1-6H3,(H,25,29)/t19-/m1/s1. The Kier molecular flexibility index (Phi) is 8.87. The molecular weight excluding hydrogens is 442 g/mol. The summed E-state index contributed by atoms with van der Waals surface area (Å²) in [5.41, 5.74) is 2.11. The number of anilines is 1. The number of nitrogens with one attached hydrogen (secondary N) is 1. The lowest BCUT2D eigenvalue weighted by molar-refractivity contribution is -0.139. The number of rotatable bonds is 10. The first-order valence-electron chi connectivity index (χ1n) is 10.7. The van der Waals surface area contributed by atoms with Gasteiger partial charge in [-0.05, 0) is 57.5 Å². The fourth-order valence-corrected chi connectivity index (χ4v) is 4.13. The number of benzene rings is 2. The van der Waals surface area contributed by atoms with E-state index < -0.39 is 28.5 Å². The zero-order valence-electron chi connectivity index (χ0n) is 20.0. The molecule has 0 aliphatic carbocycles. The van der Waals surface area contributed by atoms with Crippen LogP contribution in [0.1, 0.15) is 31.9 Å². The summed E-state index contributed by atoms with van der Waals surface area (Å²) in [5.74, 6) is -0.186. The maximum atomic E-state index is 13.4. The quantitative estimate of drug-likeness (QED) is 0.570. The number of carbonyl (C=O) groups excluding carboxylic acids is 2. The van der Waals surface area contributed by atoms with Gasteiger partial charge in [0.1, 0.15) is 18.3 Å². The molecule has 2 aromatic carbocycles. The predicted octanol–water partition coefficient (Wildman–Crippen LogP) is 2.71. The van der Waals surface area contributed by atoms with Crippen LogP contribution >= 0.6 is 0 Å². The van der Waals surface area contributed by atoms with Gasteiger partial charge in [0, 0.05) is 12.6 Å². The summed E-state index contributed by atoms with van der Waals surface area (Å²) >= 11 is 0. The lowest BCUT2D eigenvalue weighted by Gasteiger charge is -2.32. The van der Waals surface area contributed by atoms with Crippen molar-refractivity contribution in [2.75, 3.05) is 24.2 Å². The Morgan fingerprint density at radius 1 is 1.06 bits per heavy atom. The topological polar surface area (TPSA) is 96.0 Å². The number of methoxy groups -OCH3 is 1. The van der Waals surface area contributed by atoms with Gasteiger partial charge >= 0.3 is 0 Å². The smallest absolute Gasteiger partial charge is 0.244 e. The molecule has 180 valence electrons. The van der Waals surface area contributed by atoms with Crippen molar-refractivity contribution in [2.45, 2.75) is 46.3 Å². The predicted molar refractivity (Wildman–Crippen MR) is 130 cm³/mol.